The van der Waals surface area contributed by atoms with Crippen molar-refractivity contribution in [3.63, 3.8) is 0 Å². The predicted molar refractivity (Wildman–Crippen MR) is 103 cm³/mol. The van der Waals surface area contributed by atoms with E-state index in [1.807, 2.05) is 30.3 Å². The summed E-state index contributed by atoms with van der Waals surface area (Å²) in [6, 6.07) is 16.1. The number of sulfonamides is 1. The van der Waals surface area contributed by atoms with E-state index in [1.54, 1.807) is 23.5 Å². The first kappa shape index (κ1) is 19.4. The summed E-state index contributed by atoms with van der Waals surface area (Å²) < 4.78 is 32.5. The van der Waals surface area contributed by atoms with Crippen LogP contribution in [0.25, 0.3) is 0 Å². The van der Waals surface area contributed by atoms with Crippen LogP contribution in [0.5, 0.6) is 5.75 Å². The van der Waals surface area contributed by atoms with E-state index in [0.29, 0.717) is 25.2 Å². The highest BCUT2D eigenvalue weighted by atomic mass is 32.2. The van der Waals surface area contributed by atoms with Crippen molar-refractivity contribution in [3.05, 3.63) is 59.7 Å². The quantitative estimate of drug-likeness (QED) is 0.790. The maximum absolute atomic E-state index is 12.9. The molecule has 0 unspecified atom stereocenters. The minimum Gasteiger partial charge on any atom is -0.497 e. The molecule has 1 heterocycles. The Morgan fingerprint density at radius 3 is 2.33 bits per heavy atom. The maximum Gasteiger partial charge on any atom is 0.243 e. The number of ether oxygens (including phenoxy) is 1. The normalized spacial score (nSPS) is 16.4. The summed E-state index contributed by atoms with van der Waals surface area (Å²) in [4.78, 5) is 2.51. The van der Waals surface area contributed by atoms with E-state index < -0.39 is 10.0 Å². The molecule has 0 atom stereocenters. The molecule has 27 heavy (non-hydrogen) atoms. The van der Waals surface area contributed by atoms with E-state index in [-0.39, 0.29) is 4.90 Å². The van der Waals surface area contributed by atoms with Crippen molar-refractivity contribution in [2.45, 2.75) is 17.9 Å². The van der Waals surface area contributed by atoms with E-state index in [4.69, 9.17) is 10.00 Å². The average molecular weight is 385 g/mol. The summed E-state index contributed by atoms with van der Waals surface area (Å²) in [5, 5.41) is 8.87. The molecule has 0 spiro atoms. The van der Waals surface area contributed by atoms with Gasteiger partial charge in [0.1, 0.15) is 5.75 Å². The Labute approximate surface area is 160 Å². The average Bonchev–Trinajstić information content (AvgIpc) is 2.95. The molecule has 7 heteroatoms. The second-order valence-corrected chi connectivity index (χ2v) is 8.46. The second kappa shape index (κ2) is 8.53. The van der Waals surface area contributed by atoms with Crippen LogP contribution in [0.15, 0.2) is 53.4 Å². The molecule has 3 rings (SSSR count). The monoisotopic (exact) mass is 385 g/mol. The Balaban J connectivity index is 1.65. The van der Waals surface area contributed by atoms with Crippen LogP contribution in [0.1, 0.15) is 17.5 Å². The highest BCUT2D eigenvalue weighted by molar-refractivity contribution is 7.89. The third-order valence-electron chi connectivity index (χ3n) is 4.73. The van der Waals surface area contributed by atoms with Gasteiger partial charge in [-0.05, 0) is 54.9 Å². The first-order valence-electron chi connectivity index (χ1n) is 8.88. The smallest absolute Gasteiger partial charge is 0.243 e. The van der Waals surface area contributed by atoms with Gasteiger partial charge in [-0.2, -0.15) is 9.57 Å². The van der Waals surface area contributed by atoms with Gasteiger partial charge in [0.2, 0.25) is 10.0 Å². The second-order valence-electron chi connectivity index (χ2n) is 6.52. The highest BCUT2D eigenvalue weighted by Gasteiger charge is 2.26. The first-order chi connectivity index (χ1) is 13.0. The fourth-order valence-corrected chi connectivity index (χ4v) is 4.65. The van der Waals surface area contributed by atoms with Crippen LogP contribution in [-0.4, -0.2) is 50.9 Å². The lowest BCUT2D eigenvalue weighted by Crippen LogP contribution is -2.35. The van der Waals surface area contributed by atoms with Crippen LogP contribution in [0.3, 0.4) is 0 Å². The van der Waals surface area contributed by atoms with E-state index in [9.17, 15) is 8.42 Å². The molecular formula is C20H23N3O3S. The van der Waals surface area contributed by atoms with Gasteiger partial charge >= 0.3 is 0 Å². The molecular weight excluding hydrogens is 362 g/mol. The molecule has 0 radical (unpaired) electrons. The Morgan fingerprint density at radius 2 is 1.70 bits per heavy atom. The molecule has 0 aromatic heterocycles. The Kier molecular flexibility index (Phi) is 6.11. The van der Waals surface area contributed by atoms with Crippen LogP contribution in [0.2, 0.25) is 0 Å². The van der Waals surface area contributed by atoms with Crippen molar-refractivity contribution in [1.29, 1.82) is 5.26 Å². The lowest BCUT2D eigenvalue weighted by atomic mass is 10.2. The SMILES string of the molecule is COc1ccc(CN2CCCN(S(=O)(=O)c3ccc(C#N)cc3)CC2)cc1. The maximum atomic E-state index is 12.9. The molecule has 0 saturated carbocycles. The number of benzene rings is 2. The minimum atomic E-state index is -3.53. The zero-order chi connectivity index (χ0) is 19.3. The summed E-state index contributed by atoms with van der Waals surface area (Å²) in [6.07, 6.45) is 0.783. The van der Waals surface area contributed by atoms with Crippen LogP contribution in [0.4, 0.5) is 0 Å². The van der Waals surface area contributed by atoms with Gasteiger partial charge in [0.15, 0.2) is 0 Å². The van der Waals surface area contributed by atoms with Crippen molar-refractivity contribution in [3.8, 4) is 11.8 Å². The molecule has 0 aliphatic carbocycles. The topological polar surface area (TPSA) is 73.6 Å². The molecule has 1 aliphatic rings. The van der Waals surface area contributed by atoms with E-state index in [0.717, 1.165) is 25.3 Å². The summed E-state index contributed by atoms with van der Waals surface area (Å²) >= 11 is 0. The molecule has 0 amide bonds. The van der Waals surface area contributed by atoms with Gasteiger partial charge < -0.3 is 4.74 Å². The molecule has 2 aromatic carbocycles. The summed E-state index contributed by atoms with van der Waals surface area (Å²) in [7, 11) is -1.89. The van der Waals surface area contributed by atoms with Gasteiger partial charge in [0.25, 0.3) is 0 Å². The van der Waals surface area contributed by atoms with Crippen LogP contribution < -0.4 is 4.74 Å². The number of hydrogen-bond donors (Lipinski definition) is 0. The number of nitriles is 1. The van der Waals surface area contributed by atoms with Gasteiger partial charge in [-0.15, -0.1) is 0 Å². The van der Waals surface area contributed by atoms with Crippen molar-refractivity contribution < 1.29 is 13.2 Å². The molecule has 142 valence electrons. The van der Waals surface area contributed by atoms with Crippen molar-refractivity contribution in [2.75, 3.05) is 33.3 Å². The largest absolute Gasteiger partial charge is 0.497 e. The molecule has 1 aliphatic heterocycles. The number of methoxy groups -OCH3 is 1. The number of hydrogen-bond acceptors (Lipinski definition) is 5. The molecule has 1 saturated heterocycles. The van der Waals surface area contributed by atoms with Gasteiger partial charge in [-0.25, -0.2) is 8.42 Å². The van der Waals surface area contributed by atoms with Crippen LogP contribution in [-0.2, 0) is 16.6 Å². The van der Waals surface area contributed by atoms with Gasteiger partial charge in [-0.1, -0.05) is 12.1 Å². The minimum absolute atomic E-state index is 0.241. The fraction of sp³-hybridized carbons (Fsp3) is 0.350. The Hall–Kier alpha value is -2.40. The molecule has 1 fully saturated rings. The van der Waals surface area contributed by atoms with Gasteiger partial charge in [-0.3, -0.25) is 4.90 Å². The standard InChI is InChI=1S/C20H23N3O3S/c1-26-19-7-3-18(4-8-19)16-22-11-2-12-23(14-13-22)27(24,25)20-9-5-17(15-21)6-10-20/h3-10H,2,11-14,16H2,1H3. The van der Waals surface area contributed by atoms with E-state index in [1.165, 1.54) is 17.7 Å². The van der Waals surface area contributed by atoms with E-state index in [2.05, 4.69) is 4.90 Å². The van der Waals surface area contributed by atoms with Gasteiger partial charge in [0, 0.05) is 26.2 Å². The zero-order valence-electron chi connectivity index (χ0n) is 15.3. The third kappa shape index (κ3) is 4.66. The Bertz CT molecular complexity index is 903. The zero-order valence-corrected chi connectivity index (χ0v) is 16.2. The highest BCUT2D eigenvalue weighted by Crippen LogP contribution is 2.19. The van der Waals surface area contributed by atoms with Crippen molar-refractivity contribution >= 4 is 10.0 Å². The molecule has 6 nitrogen and oxygen atoms in total. The number of nitrogens with zero attached hydrogens (tertiary/aromatic N) is 3. The van der Waals surface area contributed by atoms with Crippen molar-refractivity contribution in [2.24, 2.45) is 0 Å². The van der Waals surface area contributed by atoms with Crippen LogP contribution in [0, 0.1) is 11.3 Å². The number of rotatable bonds is 5. The third-order valence-corrected chi connectivity index (χ3v) is 6.65. The molecule has 2 aromatic rings. The molecule has 0 N–H and O–H groups in total. The summed E-state index contributed by atoms with van der Waals surface area (Å²) in [5.41, 5.74) is 1.63. The van der Waals surface area contributed by atoms with Crippen LogP contribution >= 0.6 is 0 Å². The lowest BCUT2D eigenvalue weighted by Gasteiger charge is -2.22. The predicted octanol–water partition coefficient (Wildman–Crippen LogP) is 2.46. The fourth-order valence-electron chi connectivity index (χ4n) is 3.19. The summed E-state index contributed by atoms with van der Waals surface area (Å²) in [6.45, 7) is 3.28. The molecule has 0 bridgehead atoms. The lowest BCUT2D eigenvalue weighted by molar-refractivity contribution is 0.278. The summed E-state index contributed by atoms with van der Waals surface area (Å²) in [5.74, 6) is 0.828. The van der Waals surface area contributed by atoms with Crippen molar-refractivity contribution in [1.82, 2.24) is 9.21 Å². The van der Waals surface area contributed by atoms with E-state index >= 15 is 0 Å². The Morgan fingerprint density at radius 1 is 1.00 bits per heavy atom. The van der Waals surface area contributed by atoms with Gasteiger partial charge in [0.05, 0.1) is 23.6 Å². The first-order valence-corrected chi connectivity index (χ1v) is 10.3.